The number of benzene rings is 2. The molecule has 0 saturated carbocycles. The maximum absolute atomic E-state index is 13.6. The summed E-state index contributed by atoms with van der Waals surface area (Å²) in [7, 11) is 0. The van der Waals surface area contributed by atoms with Crippen molar-refractivity contribution in [2.24, 2.45) is 0 Å². The van der Waals surface area contributed by atoms with Crippen LogP contribution in [0.5, 0.6) is 0 Å². The summed E-state index contributed by atoms with van der Waals surface area (Å²) in [5.74, 6) is -3.94. The van der Waals surface area contributed by atoms with Gasteiger partial charge in [0.15, 0.2) is 17.5 Å². The highest BCUT2D eigenvalue weighted by atomic mass is 19.2. The maximum atomic E-state index is 13.6. The standard InChI is InChI=1S/C22H19F3N4O2/c1-13-4-5-15(29-7-2-3-20(29)31)11-18(13)26-22-27-19(30)6-8-28(22)12-14-9-16(23)21(25)17(24)10-14/h4-6,8-11H,2-3,7,12H2,1H3,(H,26,27,30). The van der Waals surface area contributed by atoms with E-state index in [9.17, 15) is 22.8 Å². The number of anilines is 3. The van der Waals surface area contributed by atoms with Gasteiger partial charge in [0.25, 0.3) is 5.56 Å². The number of nitrogens with one attached hydrogen (secondary N) is 1. The van der Waals surface area contributed by atoms with Crippen LogP contribution in [0.25, 0.3) is 0 Å². The molecule has 0 aliphatic carbocycles. The quantitative estimate of drug-likeness (QED) is 0.627. The maximum Gasteiger partial charge on any atom is 0.274 e. The van der Waals surface area contributed by atoms with Crippen LogP contribution in [0.15, 0.2) is 47.4 Å². The molecular formula is C22H19F3N4O2. The minimum absolute atomic E-state index is 0.0462. The molecule has 2 aromatic carbocycles. The van der Waals surface area contributed by atoms with Crippen LogP contribution in [0.4, 0.5) is 30.5 Å². The molecule has 4 rings (SSSR count). The Labute approximate surface area is 176 Å². The lowest BCUT2D eigenvalue weighted by Crippen LogP contribution is -2.23. The molecule has 1 fully saturated rings. The molecule has 0 unspecified atom stereocenters. The summed E-state index contributed by atoms with van der Waals surface area (Å²) >= 11 is 0. The highest BCUT2D eigenvalue weighted by Crippen LogP contribution is 2.28. The van der Waals surface area contributed by atoms with Crippen LogP contribution < -0.4 is 15.8 Å². The Morgan fingerprint density at radius 2 is 1.81 bits per heavy atom. The summed E-state index contributed by atoms with van der Waals surface area (Å²) in [6.07, 6.45) is 2.72. The molecule has 0 radical (unpaired) electrons. The van der Waals surface area contributed by atoms with Crippen LogP contribution in [0.3, 0.4) is 0 Å². The lowest BCUT2D eigenvalue weighted by molar-refractivity contribution is -0.117. The van der Waals surface area contributed by atoms with Crippen molar-refractivity contribution in [3.8, 4) is 0 Å². The van der Waals surface area contributed by atoms with Gasteiger partial charge >= 0.3 is 0 Å². The van der Waals surface area contributed by atoms with E-state index in [1.54, 1.807) is 11.0 Å². The third-order valence-corrected chi connectivity index (χ3v) is 5.13. The number of halogens is 3. The Kier molecular flexibility index (Phi) is 5.50. The fourth-order valence-corrected chi connectivity index (χ4v) is 3.51. The van der Waals surface area contributed by atoms with E-state index in [1.165, 1.54) is 16.8 Å². The number of nitrogens with zero attached hydrogens (tertiary/aromatic N) is 3. The average Bonchev–Trinajstić information content (AvgIpc) is 3.15. The second-order valence-corrected chi connectivity index (χ2v) is 7.36. The van der Waals surface area contributed by atoms with Gasteiger partial charge in [-0.25, -0.2) is 13.2 Å². The van der Waals surface area contributed by atoms with E-state index in [0.29, 0.717) is 18.7 Å². The minimum Gasteiger partial charge on any atom is -0.325 e. The van der Waals surface area contributed by atoms with Crippen LogP contribution in [0.1, 0.15) is 24.0 Å². The SMILES string of the molecule is Cc1ccc(N2CCCC2=O)cc1Nc1nc(=O)ccn1Cc1cc(F)c(F)c(F)c1. The minimum atomic E-state index is -1.54. The molecule has 6 nitrogen and oxygen atoms in total. The Balaban J connectivity index is 1.67. The van der Waals surface area contributed by atoms with Gasteiger partial charge in [-0.15, -0.1) is 0 Å². The third kappa shape index (κ3) is 4.30. The first-order valence-electron chi connectivity index (χ1n) is 9.71. The summed E-state index contributed by atoms with van der Waals surface area (Å²) in [6.45, 7) is 2.44. The topological polar surface area (TPSA) is 67.2 Å². The van der Waals surface area contributed by atoms with Gasteiger partial charge in [-0.1, -0.05) is 6.07 Å². The molecule has 1 saturated heterocycles. The van der Waals surface area contributed by atoms with Crippen LogP contribution in [-0.2, 0) is 11.3 Å². The summed E-state index contributed by atoms with van der Waals surface area (Å²) in [5, 5.41) is 3.07. The summed E-state index contributed by atoms with van der Waals surface area (Å²) in [5.41, 5.74) is 1.86. The molecule has 1 aromatic heterocycles. The predicted octanol–water partition coefficient (Wildman–Crippen LogP) is 3.89. The molecule has 1 N–H and O–H groups in total. The number of aryl methyl sites for hydroxylation is 1. The zero-order valence-corrected chi connectivity index (χ0v) is 16.7. The van der Waals surface area contributed by atoms with Crippen molar-refractivity contribution in [1.29, 1.82) is 0 Å². The van der Waals surface area contributed by atoms with Crippen molar-refractivity contribution < 1.29 is 18.0 Å². The summed E-state index contributed by atoms with van der Waals surface area (Å²) in [4.78, 5) is 29.6. The first-order chi connectivity index (χ1) is 14.8. The van der Waals surface area contributed by atoms with E-state index in [0.717, 1.165) is 29.8 Å². The van der Waals surface area contributed by atoms with E-state index in [2.05, 4.69) is 10.3 Å². The molecule has 0 atom stereocenters. The van der Waals surface area contributed by atoms with Gasteiger partial charge in [-0.2, -0.15) is 4.98 Å². The van der Waals surface area contributed by atoms with Gasteiger partial charge in [0, 0.05) is 36.6 Å². The fraction of sp³-hybridized carbons (Fsp3) is 0.227. The van der Waals surface area contributed by atoms with Crippen molar-refractivity contribution >= 4 is 23.2 Å². The van der Waals surface area contributed by atoms with Gasteiger partial charge in [-0.05, 0) is 48.7 Å². The number of carbonyl (C=O) groups is 1. The molecule has 0 bridgehead atoms. The molecule has 1 aliphatic rings. The molecule has 3 aromatic rings. The number of amides is 1. The van der Waals surface area contributed by atoms with Crippen molar-refractivity contribution in [2.45, 2.75) is 26.3 Å². The normalized spacial score (nSPS) is 13.7. The monoisotopic (exact) mass is 428 g/mol. The number of hydrogen-bond donors (Lipinski definition) is 1. The Bertz CT molecular complexity index is 1200. The number of aromatic nitrogens is 2. The zero-order valence-electron chi connectivity index (χ0n) is 16.7. The van der Waals surface area contributed by atoms with Gasteiger partial charge in [-0.3, -0.25) is 9.59 Å². The second kappa shape index (κ2) is 8.25. The van der Waals surface area contributed by atoms with E-state index in [4.69, 9.17) is 0 Å². The van der Waals surface area contributed by atoms with E-state index < -0.39 is 23.0 Å². The number of rotatable bonds is 5. The smallest absolute Gasteiger partial charge is 0.274 e. The first kappa shape index (κ1) is 20.6. The first-order valence-corrected chi connectivity index (χ1v) is 9.71. The summed E-state index contributed by atoms with van der Waals surface area (Å²) < 4.78 is 41.9. The van der Waals surface area contributed by atoms with E-state index in [1.807, 2.05) is 19.1 Å². The van der Waals surface area contributed by atoms with Crippen molar-refractivity contribution in [2.75, 3.05) is 16.8 Å². The molecule has 1 aliphatic heterocycles. The Morgan fingerprint density at radius 3 is 2.48 bits per heavy atom. The van der Waals surface area contributed by atoms with E-state index >= 15 is 0 Å². The Hall–Kier alpha value is -3.62. The molecule has 1 amide bonds. The lowest BCUT2D eigenvalue weighted by atomic mass is 10.1. The third-order valence-electron chi connectivity index (χ3n) is 5.13. The number of hydrogen-bond acceptors (Lipinski definition) is 4. The molecule has 0 spiro atoms. The van der Waals surface area contributed by atoms with Crippen molar-refractivity contribution in [3.05, 3.63) is 81.5 Å². The van der Waals surface area contributed by atoms with Crippen LogP contribution in [-0.4, -0.2) is 22.0 Å². The molecule has 9 heteroatoms. The highest BCUT2D eigenvalue weighted by molar-refractivity contribution is 5.96. The van der Waals surface area contributed by atoms with Gasteiger partial charge in [0.2, 0.25) is 11.9 Å². The predicted molar refractivity (Wildman–Crippen MR) is 110 cm³/mol. The average molecular weight is 428 g/mol. The van der Waals surface area contributed by atoms with Crippen molar-refractivity contribution in [3.63, 3.8) is 0 Å². The molecule has 31 heavy (non-hydrogen) atoms. The molecular weight excluding hydrogens is 409 g/mol. The largest absolute Gasteiger partial charge is 0.325 e. The number of carbonyl (C=O) groups excluding carboxylic acids is 1. The zero-order chi connectivity index (χ0) is 22.1. The van der Waals surface area contributed by atoms with Crippen LogP contribution in [0, 0.1) is 24.4 Å². The van der Waals surface area contributed by atoms with Gasteiger partial charge in [0.05, 0.1) is 6.54 Å². The van der Waals surface area contributed by atoms with Crippen LogP contribution in [0.2, 0.25) is 0 Å². The van der Waals surface area contributed by atoms with Crippen molar-refractivity contribution in [1.82, 2.24) is 9.55 Å². The molecule has 2 heterocycles. The Morgan fingerprint density at radius 1 is 1.06 bits per heavy atom. The highest BCUT2D eigenvalue weighted by Gasteiger charge is 2.22. The van der Waals surface area contributed by atoms with Crippen LogP contribution >= 0.6 is 0 Å². The fourth-order valence-electron chi connectivity index (χ4n) is 3.51. The summed E-state index contributed by atoms with van der Waals surface area (Å²) in [6, 6.07) is 8.49. The molecule has 160 valence electrons. The van der Waals surface area contributed by atoms with E-state index in [-0.39, 0.29) is 24.0 Å². The second-order valence-electron chi connectivity index (χ2n) is 7.36. The van der Waals surface area contributed by atoms with Gasteiger partial charge in [0.1, 0.15) is 0 Å². The van der Waals surface area contributed by atoms with Gasteiger partial charge < -0.3 is 14.8 Å². The lowest BCUT2D eigenvalue weighted by Gasteiger charge is -2.19.